The van der Waals surface area contributed by atoms with Crippen molar-refractivity contribution in [1.82, 2.24) is 15.5 Å². The first-order valence-electron chi connectivity index (χ1n) is 6.47. The largest absolute Gasteiger partial charge is 0.390 e. The van der Waals surface area contributed by atoms with Gasteiger partial charge in [0.15, 0.2) is 0 Å². The first kappa shape index (κ1) is 14.9. The molecule has 18 heavy (non-hydrogen) atoms. The average Bonchev–Trinajstić information content (AvgIpc) is 2.54. The van der Waals surface area contributed by atoms with Gasteiger partial charge in [0.25, 0.3) is 5.91 Å². The maximum absolute atomic E-state index is 12.0. The standard InChI is InChI=1S/C12H23N3O3/c1-4-6-13-7-9(16)8-15-10(17)12(3,5-2)14-11(15)18/h9,13,16H,4-8H2,1-3H3,(H,14,18). The Kier molecular flexibility index (Phi) is 5.10. The molecular weight excluding hydrogens is 234 g/mol. The Balaban J connectivity index is 2.52. The number of β-amino-alcohol motifs (C(OH)–C–C–N with tert-alkyl or cyclic N) is 1. The van der Waals surface area contributed by atoms with Crippen LogP contribution in [0.4, 0.5) is 4.79 Å². The summed E-state index contributed by atoms with van der Waals surface area (Å²) < 4.78 is 0. The maximum atomic E-state index is 12.0. The van der Waals surface area contributed by atoms with Crippen LogP contribution >= 0.6 is 0 Å². The van der Waals surface area contributed by atoms with E-state index < -0.39 is 17.7 Å². The average molecular weight is 257 g/mol. The van der Waals surface area contributed by atoms with Crippen molar-refractivity contribution in [3.05, 3.63) is 0 Å². The molecule has 6 heteroatoms. The molecule has 0 aliphatic carbocycles. The van der Waals surface area contributed by atoms with Gasteiger partial charge in [0, 0.05) is 6.54 Å². The van der Waals surface area contributed by atoms with E-state index in [9.17, 15) is 14.7 Å². The van der Waals surface area contributed by atoms with Gasteiger partial charge in [-0.25, -0.2) is 4.79 Å². The highest BCUT2D eigenvalue weighted by atomic mass is 16.3. The summed E-state index contributed by atoms with van der Waals surface area (Å²) in [7, 11) is 0. The molecule has 0 spiro atoms. The summed E-state index contributed by atoms with van der Waals surface area (Å²) in [5.74, 6) is -0.260. The Bertz CT molecular complexity index is 322. The summed E-state index contributed by atoms with van der Waals surface area (Å²) in [6, 6.07) is -0.418. The van der Waals surface area contributed by atoms with Crippen molar-refractivity contribution in [3.63, 3.8) is 0 Å². The zero-order valence-electron chi connectivity index (χ0n) is 11.3. The first-order chi connectivity index (χ1) is 8.44. The van der Waals surface area contributed by atoms with E-state index in [1.54, 1.807) is 6.92 Å². The van der Waals surface area contributed by atoms with E-state index in [1.807, 2.05) is 13.8 Å². The van der Waals surface area contributed by atoms with Crippen LogP contribution in [0.3, 0.4) is 0 Å². The number of aliphatic hydroxyl groups is 1. The Morgan fingerprint density at radius 3 is 2.61 bits per heavy atom. The molecule has 3 amide bonds. The van der Waals surface area contributed by atoms with Gasteiger partial charge < -0.3 is 15.7 Å². The van der Waals surface area contributed by atoms with E-state index in [0.29, 0.717) is 13.0 Å². The van der Waals surface area contributed by atoms with Crippen LogP contribution in [0.2, 0.25) is 0 Å². The maximum Gasteiger partial charge on any atom is 0.325 e. The van der Waals surface area contributed by atoms with Crippen LogP contribution in [0.5, 0.6) is 0 Å². The fourth-order valence-electron chi connectivity index (χ4n) is 1.87. The number of carbonyl (C=O) groups is 2. The number of nitrogens with zero attached hydrogens (tertiary/aromatic N) is 1. The number of urea groups is 1. The molecule has 1 fully saturated rings. The molecule has 0 aromatic heterocycles. The van der Waals surface area contributed by atoms with Gasteiger partial charge >= 0.3 is 6.03 Å². The van der Waals surface area contributed by atoms with Crippen molar-refractivity contribution in [2.45, 2.75) is 45.3 Å². The SMILES string of the molecule is CCCNCC(O)CN1C(=O)NC(C)(CC)C1=O. The minimum atomic E-state index is -0.826. The Labute approximate surface area is 108 Å². The first-order valence-corrected chi connectivity index (χ1v) is 6.47. The molecule has 6 nitrogen and oxygen atoms in total. The number of imide groups is 1. The van der Waals surface area contributed by atoms with Gasteiger partial charge in [0.05, 0.1) is 12.6 Å². The zero-order chi connectivity index (χ0) is 13.8. The molecule has 1 saturated heterocycles. The number of nitrogens with one attached hydrogen (secondary N) is 2. The third-order valence-corrected chi connectivity index (χ3v) is 3.25. The smallest absolute Gasteiger partial charge is 0.325 e. The second-order valence-corrected chi connectivity index (χ2v) is 4.89. The molecule has 2 unspecified atom stereocenters. The number of aliphatic hydroxyl groups excluding tert-OH is 1. The van der Waals surface area contributed by atoms with E-state index in [0.717, 1.165) is 17.9 Å². The molecule has 3 N–H and O–H groups in total. The molecule has 1 heterocycles. The fourth-order valence-corrected chi connectivity index (χ4v) is 1.87. The van der Waals surface area contributed by atoms with Gasteiger partial charge in [-0.05, 0) is 26.3 Å². The molecule has 0 radical (unpaired) electrons. The zero-order valence-corrected chi connectivity index (χ0v) is 11.3. The lowest BCUT2D eigenvalue weighted by Gasteiger charge is -2.21. The van der Waals surface area contributed by atoms with Crippen molar-refractivity contribution in [3.8, 4) is 0 Å². The highest BCUT2D eigenvalue weighted by Gasteiger charge is 2.46. The molecule has 1 rings (SSSR count). The molecular formula is C12H23N3O3. The van der Waals surface area contributed by atoms with Crippen molar-refractivity contribution >= 4 is 11.9 Å². The molecule has 0 saturated carbocycles. The third kappa shape index (κ3) is 3.20. The van der Waals surface area contributed by atoms with Crippen LogP contribution < -0.4 is 10.6 Å². The summed E-state index contributed by atoms with van der Waals surface area (Å²) in [5.41, 5.74) is -0.826. The van der Waals surface area contributed by atoms with Gasteiger partial charge in [-0.15, -0.1) is 0 Å². The van der Waals surface area contributed by atoms with E-state index >= 15 is 0 Å². The summed E-state index contributed by atoms with van der Waals surface area (Å²) in [6.07, 6.45) is 0.785. The molecule has 0 aromatic rings. The monoisotopic (exact) mass is 257 g/mol. The van der Waals surface area contributed by atoms with Crippen LogP contribution in [-0.2, 0) is 4.79 Å². The van der Waals surface area contributed by atoms with E-state index in [2.05, 4.69) is 10.6 Å². The topological polar surface area (TPSA) is 81.7 Å². The second kappa shape index (κ2) is 6.15. The van der Waals surface area contributed by atoms with Crippen LogP contribution in [0.1, 0.15) is 33.6 Å². The summed E-state index contributed by atoms with van der Waals surface area (Å²) in [4.78, 5) is 24.8. The second-order valence-electron chi connectivity index (χ2n) is 4.89. The minimum Gasteiger partial charge on any atom is -0.390 e. The lowest BCUT2D eigenvalue weighted by molar-refractivity contribution is -0.131. The number of hydrogen-bond donors (Lipinski definition) is 3. The molecule has 1 aliphatic heterocycles. The summed E-state index contributed by atoms with van der Waals surface area (Å²) >= 11 is 0. The Hall–Kier alpha value is -1.14. The quantitative estimate of drug-likeness (QED) is 0.445. The Morgan fingerprint density at radius 1 is 1.44 bits per heavy atom. The lowest BCUT2D eigenvalue weighted by Crippen LogP contribution is -2.45. The van der Waals surface area contributed by atoms with Gasteiger partial charge in [-0.3, -0.25) is 9.69 Å². The van der Waals surface area contributed by atoms with E-state index in [1.165, 1.54) is 0 Å². The highest BCUT2D eigenvalue weighted by Crippen LogP contribution is 2.20. The van der Waals surface area contributed by atoms with E-state index in [-0.39, 0.29) is 12.5 Å². The molecule has 2 atom stereocenters. The Morgan fingerprint density at radius 2 is 2.11 bits per heavy atom. The fraction of sp³-hybridized carbons (Fsp3) is 0.833. The van der Waals surface area contributed by atoms with Gasteiger partial charge in [-0.2, -0.15) is 0 Å². The normalized spacial score (nSPS) is 25.4. The molecule has 0 aromatic carbocycles. The van der Waals surface area contributed by atoms with Crippen molar-refractivity contribution in [1.29, 1.82) is 0 Å². The minimum absolute atomic E-state index is 0.0387. The molecule has 0 bridgehead atoms. The van der Waals surface area contributed by atoms with Gasteiger partial charge in [0.1, 0.15) is 5.54 Å². The van der Waals surface area contributed by atoms with E-state index in [4.69, 9.17) is 0 Å². The van der Waals surface area contributed by atoms with Crippen LogP contribution in [0.25, 0.3) is 0 Å². The van der Waals surface area contributed by atoms with Gasteiger partial charge in [0.2, 0.25) is 0 Å². The predicted octanol–water partition coefficient (Wildman–Crippen LogP) is 0.0674. The number of hydrogen-bond acceptors (Lipinski definition) is 4. The van der Waals surface area contributed by atoms with Gasteiger partial charge in [-0.1, -0.05) is 13.8 Å². The van der Waals surface area contributed by atoms with Crippen molar-refractivity contribution in [2.24, 2.45) is 0 Å². The molecule has 1 aliphatic rings. The lowest BCUT2D eigenvalue weighted by atomic mass is 9.99. The summed E-state index contributed by atoms with van der Waals surface area (Å²) in [6.45, 7) is 6.81. The van der Waals surface area contributed by atoms with Crippen LogP contribution in [0, 0.1) is 0 Å². The van der Waals surface area contributed by atoms with Crippen LogP contribution in [-0.4, -0.2) is 53.2 Å². The number of amides is 3. The third-order valence-electron chi connectivity index (χ3n) is 3.25. The van der Waals surface area contributed by atoms with Crippen LogP contribution in [0.15, 0.2) is 0 Å². The predicted molar refractivity (Wildman–Crippen MR) is 68.1 cm³/mol. The highest BCUT2D eigenvalue weighted by molar-refractivity contribution is 6.06. The number of rotatable bonds is 7. The number of carbonyl (C=O) groups excluding carboxylic acids is 2. The molecule has 104 valence electrons. The van der Waals surface area contributed by atoms with Crippen molar-refractivity contribution in [2.75, 3.05) is 19.6 Å². The summed E-state index contributed by atoms with van der Waals surface area (Å²) in [5, 5.41) is 15.5. The van der Waals surface area contributed by atoms with Crippen molar-refractivity contribution < 1.29 is 14.7 Å².